The van der Waals surface area contributed by atoms with Crippen molar-refractivity contribution < 1.29 is 23.1 Å². The SMILES string of the molecule is CCOC(=O)C1CCCN(C(=O)c2coc(CN(Cc3ccc(F)cc3)Cc3ccccc3C)n2)C1. The van der Waals surface area contributed by atoms with Crippen molar-refractivity contribution in [2.45, 2.75) is 46.3 Å². The number of rotatable bonds is 9. The summed E-state index contributed by atoms with van der Waals surface area (Å²) < 4.78 is 24.2. The molecule has 1 aliphatic heterocycles. The number of piperidine rings is 1. The van der Waals surface area contributed by atoms with Crippen LogP contribution in [0.2, 0.25) is 0 Å². The van der Waals surface area contributed by atoms with E-state index in [1.54, 1.807) is 24.0 Å². The van der Waals surface area contributed by atoms with Gasteiger partial charge in [0.1, 0.15) is 12.1 Å². The predicted molar refractivity (Wildman–Crippen MR) is 132 cm³/mol. The summed E-state index contributed by atoms with van der Waals surface area (Å²) in [5, 5.41) is 0. The van der Waals surface area contributed by atoms with Crippen LogP contribution in [0.25, 0.3) is 0 Å². The van der Waals surface area contributed by atoms with Gasteiger partial charge in [0.2, 0.25) is 5.89 Å². The Labute approximate surface area is 210 Å². The van der Waals surface area contributed by atoms with Crippen LogP contribution in [0.1, 0.15) is 52.8 Å². The van der Waals surface area contributed by atoms with E-state index in [4.69, 9.17) is 9.15 Å². The minimum absolute atomic E-state index is 0.229. The summed E-state index contributed by atoms with van der Waals surface area (Å²) in [4.78, 5) is 33.5. The fraction of sp³-hybridized carbons (Fsp3) is 0.393. The highest BCUT2D eigenvalue weighted by Crippen LogP contribution is 2.21. The van der Waals surface area contributed by atoms with Crippen molar-refractivity contribution in [3.63, 3.8) is 0 Å². The largest absolute Gasteiger partial charge is 0.466 e. The lowest BCUT2D eigenvalue weighted by molar-refractivity contribution is -0.149. The Kier molecular flexibility index (Phi) is 8.48. The zero-order valence-corrected chi connectivity index (χ0v) is 20.8. The quantitative estimate of drug-likeness (QED) is 0.401. The molecular formula is C28H32FN3O4. The average molecular weight is 494 g/mol. The van der Waals surface area contributed by atoms with Gasteiger partial charge in [-0.2, -0.15) is 0 Å². The van der Waals surface area contributed by atoms with Crippen LogP contribution in [0.3, 0.4) is 0 Å². The molecule has 1 atom stereocenters. The van der Waals surface area contributed by atoms with Crippen LogP contribution in [0.15, 0.2) is 59.2 Å². The number of esters is 1. The third kappa shape index (κ3) is 6.57. The third-order valence-electron chi connectivity index (χ3n) is 6.43. The maximum Gasteiger partial charge on any atom is 0.310 e. The van der Waals surface area contributed by atoms with Gasteiger partial charge in [0.25, 0.3) is 5.91 Å². The van der Waals surface area contributed by atoms with E-state index in [0.717, 1.165) is 12.0 Å². The molecule has 190 valence electrons. The molecule has 1 aliphatic rings. The van der Waals surface area contributed by atoms with Crippen molar-refractivity contribution in [2.75, 3.05) is 19.7 Å². The van der Waals surface area contributed by atoms with Gasteiger partial charge >= 0.3 is 5.97 Å². The molecule has 2 aromatic carbocycles. The number of hydrogen-bond acceptors (Lipinski definition) is 6. The number of benzene rings is 2. The molecule has 1 saturated heterocycles. The van der Waals surface area contributed by atoms with E-state index in [1.807, 2.05) is 12.1 Å². The smallest absolute Gasteiger partial charge is 0.310 e. The molecular weight excluding hydrogens is 461 g/mol. The van der Waals surface area contributed by atoms with Crippen LogP contribution in [-0.2, 0) is 29.2 Å². The summed E-state index contributed by atoms with van der Waals surface area (Å²) >= 11 is 0. The van der Waals surface area contributed by atoms with Gasteiger partial charge < -0.3 is 14.1 Å². The Hall–Kier alpha value is -3.52. The summed E-state index contributed by atoms with van der Waals surface area (Å²) in [5.41, 5.74) is 3.53. The monoisotopic (exact) mass is 493 g/mol. The Morgan fingerprint density at radius 2 is 1.92 bits per heavy atom. The average Bonchev–Trinajstić information content (AvgIpc) is 3.35. The molecule has 1 aromatic heterocycles. The highest BCUT2D eigenvalue weighted by molar-refractivity contribution is 5.92. The van der Waals surface area contributed by atoms with E-state index in [2.05, 4.69) is 28.9 Å². The van der Waals surface area contributed by atoms with E-state index in [1.165, 1.54) is 29.5 Å². The number of hydrogen-bond donors (Lipinski definition) is 0. The second-order valence-electron chi connectivity index (χ2n) is 9.17. The van der Waals surface area contributed by atoms with Gasteiger partial charge in [-0.3, -0.25) is 14.5 Å². The molecule has 4 rings (SSSR count). The van der Waals surface area contributed by atoms with Crippen LogP contribution in [0.5, 0.6) is 0 Å². The molecule has 0 saturated carbocycles. The standard InChI is InChI=1S/C28H32FN3O4/c1-3-35-28(34)23-9-6-14-32(17-23)27(33)25-19-36-26(30-25)18-31(15-21-10-12-24(29)13-11-21)16-22-8-5-4-7-20(22)2/h4-5,7-8,10-13,19,23H,3,6,9,14-18H2,1-2H3. The number of halogens is 1. The number of nitrogens with zero attached hydrogens (tertiary/aromatic N) is 3. The Morgan fingerprint density at radius 1 is 1.14 bits per heavy atom. The van der Waals surface area contributed by atoms with E-state index >= 15 is 0 Å². The van der Waals surface area contributed by atoms with E-state index in [0.29, 0.717) is 51.6 Å². The van der Waals surface area contributed by atoms with E-state index < -0.39 is 0 Å². The first-order valence-corrected chi connectivity index (χ1v) is 12.3. The molecule has 0 bridgehead atoms. The number of oxazole rings is 1. The Balaban J connectivity index is 1.46. The molecule has 8 heteroatoms. The number of carbonyl (C=O) groups excluding carboxylic acids is 2. The van der Waals surface area contributed by atoms with Crippen molar-refractivity contribution in [1.82, 2.24) is 14.8 Å². The minimum Gasteiger partial charge on any atom is -0.466 e. The molecule has 1 fully saturated rings. The Morgan fingerprint density at radius 3 is 2.67 bits per heavy atom. The molecule has 0 spiro atoms. The van der Waals surface area contributed by atoms with Gasteiger partial charge in [-0.25, -0.2) is 9.37 Å². The van der Waals surface area contributed by atoms with Gasteiger partial charge in [-0.1, -0.05) is 36.4 Å². The number of amides is 1. The number of aromatic nitrogens is 1. The van der Waals surface area contributed by atoms with Crippen LogP contribution >= 0.6 is 0 Å². The van der Waals surface area contributed by atoms with Crippen molar-refractivity contribution in [1.29, 1.82) is 0 Å². The fourth-order valence-electron chi connectivity index (χ4n) is 4.49. The van der Waals surface area contributed by atoms with E-state index in [-0.39, 0.29) is 29.3 Å². The molecule has 7 nitrogen and oxygen atoms in total. The minimum atomic E-state index is -0.311. The first-order chi connectivity index (χ1) is 17.4. The maximum absolute atomic E-state index is 13.4. The van der Waals surface area contributed by atoms with Crippen LogP contribution < -0.4 is 0 Å². The van der Waals surface area contributed by atoms with Crippen molar-refractivity contribution in [3.05, 3.63) is 88.9 Å². The first-order valence-electron chi connectivity index (χ1n) is 12.3. The number of carbonyl (C=O) groups is 2. The fourth-order valence-corrected chi connectivity index (χ4v) is 4.49. The summed E-state index contributed by atoms with van der Waals surface area (Å²) in [5.74, 6) is -0.670. The molecule has 0 N–H and O–H groups in total. The second kappa shape index (κ2) is 11.9. The second-order valence-corrected chi connectivity index (χ2v) is 9.17. The summed E-state index contributed by atoms with van der Waals surface area (Å²) in [6.07, 6.45) is 2.83. The number of ether oxygens (including phenoxy) is 1. The van der Waals surface area contributed by atoms with Gasteiger partial charge in [0.05, 0.1) is 19.1 Å². The zero-order chi connectivity index (χ0) is 25.5. The zero-order valence-electron chi connectivity index (χ0n) is 20.8. The number of aryl methyl sites for hydroxylation is 1. The molecule has 2 heterocycles. The molecule has 3 aromatic rings. The summed E-state index contributed by atoms with van der Waals surface area (Å²) in [6, 6.07) is 14.6. The van der Waals surface area contributed by atoms with Crippen molar-refractivity contribution in [3.8, 4) is 0 Å². The van der Waals surface area contributed by atoms with Gasteiger partial charge in [-0.15, -0.1) is 0 Å². The third-order valence-corrected chi connectivity index (χ3v) is 6.43. The maximum atomic E-state index is 13.4. The topological polar surface area (TPSA) is 75.9 Å². The van der Waals surface area contributed by atoms with Crippen molar-refractivity contribution >= 4 is 11.9 Å². The number of likely N-dealkylation sites (tertiary alicyclic amines) is 1. The van der Waals surface area contributed by atoms with Gasteiger partial charge in [-0.05, 0) is 55.5 Å². The van der Waals surface area contributed by atoms with Gasteiger partial charge in [0, 0.05) is 26.2 Å². The summed E-state index contributed by atoms with van der Waals surface area (Å²) in [7, 11) is 0. The normalized spacial score (nSPS) is 15.8. The molecule has 0 radical (unpaired) electrons. The highest BCUT2D eigenvalue weighted by Gasteiger charge is 2.31. The van der Waals surface area contributed by atoms with Crippen LogP contribution in [0.4, 0.5) is 4.39 Å². The molecule has 36 heavy (non-hydrogen) atoms. The van der Waals surface area contributed by atoms with E-state index in [9.17, 15) is 14.0 Å². The molecule has 0 aliphatic carbocycles. The predicted octanol–water partition coefficient (Wildman–Crippen LogP) is 4.74. The lowest BCUT2D eigenvalue weighted by Gasteiger charge is -2.30. The lowest BCUT2D eigenvalue weighted by atomic mass is 9.98. The Bertz CT molecular complexity index is 1180. The summed E-state index contributed by atoms with van der Waals surface area (Å²) in [6.45, 7) is 6.65. The van der Waals surface area contributed by atoms with Crippen LogP contribution in [0, 0.1) is 18.7 Å². The first kappa shape index (κ1) is 25.6. The van der Waals surface area contributed by atoms with Crippen molar-refractivity contribution in [2.24, 2.45) is 5.92 Å². The van der Waals surface area contributed by atoms with Crippen LogP contribution in [-0.4, -0.2) is 46.4 Å². The lowest BCUT2D eigenvalue weighted by Crippen LogP contribution is -2.43. The van der Waals surface area contributed by atoms with Gasteiger partial charge in [0.15, 0.2) is 5.69 Å². The molecule has 1 amide bonds. The highest BCUT2D eigenvalue weighted by atomic mass is 19.1. The molecule has 1 unspecified atom stereocenters.